The first-order valence-corrected chi connectivity index (χ1v) is 5.72. The molecule has 0 saturated carbocycles. The average Bonchev–Trinajstić information content (AvgIpc) is 2.32. The van der Waals surface area contributed by atoms with Crippen LogP contribution in [0.25, 0.3) is 0 Å². The first-order valence-electron chi connectivity index (χ1n) is 5.72. The summed E-state index contributed by atoms with van der Waals surface area (Å²) in [6.07, 6.45) is -14.6. The molecule has 1 rings (SSSR count). The summed E-state index contributed by atoms with van der Waals surface area (Å²) < 4.78 is 78.8. The van der Waals surface area contributed by atoms with Gasteiger partial charge in [0.05, 0.1) is 0 Å². The molecule has 0 bridgehead atoms. The van der Waals surface area contributed by atoms with Gasteiger partial charge in [-0.05, 0) is 12.5 Å². The van der Waals surface area contributed by atoms with Crippen molar-refractivity contribution in [2.75, 3.05) is 0 Å². The Morgan fingerprint density at radius 2 is 1.55 bits per heavy atom. The van der Waals surface area contributed by atoms with Crippen LogP contribution in [-0.4, -0.2) is 18.5 Å². The quantitative estimate of drug-likeness (QED) is 0.854. The van der Waals surface area contributed by atoms with Crippen LogP contribution >= 0.6 is 0 Å². The maximum atomic E-state index is 12.4. The number of nitrogens with two attached hydrogens (primary N) is 1. The Kier molecular flexibility index (Phi) is 4.90. The van der Waals surface area contributed by atoms with Gasteiger partial charge in [0.2, 0.25) is 0 Å². The first-order chi connectivity index (χ1) is 9.07. The van der Waals surface area contributed by atoms with Crippen molar-refractivity contribution in [1.29, 1.82) is 0 Å². The smallest absolute Gasteiger partial charge is 0.434 e. The van der Waals surface area contributed by atoms with Crippen LogP contribution in [0.2, 0.25) is 0 Å². The van der Waals surface area contributed by atoms with Crippen LogP contribution in [0.5, 0.6) is 5.75 Å². The fourth-order valence-electron chi connectivity index (χ4n) is 1.56. The predicted octanol–water partition coefficient (Wildman–Crippen LogP) is 3.97. The molecule has 1 aromatic rings. The second kappa shape index (κ2) is 5.90. The number of ether oxygens (including phenoxy) is 1. The molecule has 0 spiro atoms. The summed E-state index contributed by atoms with van der Waals surface area (Å²) in [5.74, 6) is -0.512. The normalized spacial score (nSPS) is 14.4. The molecule has 2 N–H and O–H groups in total. The Morgan fingerprint density at radius 3 is 2.00 bits per heavy atom. The van der Waals surface area contributed by atoms with Gasteiger partial charge >= 0.3 is 12.4 Å². The van der Waals surface area contributed by atoms with Crippen LogP contribution in [0.4, 0.5) is 26.3 Å². The van der Waals surface area contributed by atoms with Gasteiger partial charge < -0.3 is 10.5 Å². The number of hydrogen-bond donors (Lipinski definition) is 1. The Labute approximate surface area is 111 Å². The molecule has 1 atom stereocenters. The van der Waals surface area contributed by atoms with E-state index in [-0.39, 0.29) is 5.56 Å². The minimum Gasteiger partial charge on any atom is -0.471 e. The molecular weight excluding hydrogens is 288 g/mol. The van der Waals surface area contributed by atoms with Crippen molar-refractivity contribution in [3.8, 4) is 5.75 Å². The topological polar surface area (TPSA) is 35.2 Å². The number of alkyl halides is 6. The summed E-state index contributed by atoms with van der Waals surface area (Å²) in [5, 5.41) is 0. The van der Waals surface area contributed by atoms with Crippen LogP contribution < -0.4 is 10.5 Å². The maximum Gasteiger partial charge on any atom is 0.434 e. The lowest BCUT2D eigenvalue weighted by Crippen LogP contribution is -2.46. The van der Waals surface area contributed by atoms with Gasteiger partial charge in [0.25, 0.3) is 6.10 Å². The number of benzene rings is 1. The Hall–Kier alpha value is -1.44. The number of halogens is 6. The predicted molar refractivity (Wildman–Crippen MR) is 60.2 cm³/mol. The summed E-state index contributed by atoms with van der Waals surface area (Å²) in [6, 6.07) is 4.43. The van der Waals surface area contributed by atoms with E-state index in [4.69, 9.17) is 5.73 Å². The van der Waals surface area contributed by atoms with E-state index in [1.165, 1.54) is 18.2 Å². The molecule has 0 saturated heterocycles. The fourth-order valence-corrected chi connectivity index (χ4v) is 1.56. The third-order valence-electron chi connectivity index (χ3n) is 2.60. The molecule has 0 aromatic heterocycles. The number of hydrogen-bond acceptors (Lipinski definition) is 2. The van der Waals surface area contributed by atoms with Crippen molar-refractivity contribution < 1.29 is 31.1 Å². The van der Waals surface area contributed by atoms with E-state index in [0.29, 0.717) is 6.42 Å². The Bertz CT molecular complexity index is 428. The molecule has 0 aliphatic carbocycles. The van der Waals surface area contributed by atoms with E-state index in [9.17, 15) is 26.3 Å². The molecule has 1 aromatic carbocycles. The summed E-state index contributed by atoms with van der Waals surface area (Å²) in [7, 11) is 0. The third-order valence-corrected chi connectivity index (χ3v) is 2.60. The molecular formula is C12H13F6NO. The first kappa shape index (κ1) is 16.6. The molecule has 0 amide bonds. The molecule has 0 aliphatic heterocycles. The molecule has 0 radical (unpaired) electrons. The molecule has 114 valence electrons. The van der Waals surface area contributed by atoms with Crippen molar-refractivity contribution in [3.63, 3.8) is 0 Å². The standard InChI is InChI=1S/C12H13F6NO/c1-2-8(19)7-5-3-4-6-9(7)20-10(11(13,14)15)12(16,17)18/h3-6,8,10H,2,19H2,1H3/t8-/m0/s1. The highest BCUT2D eigenvalue weighted by atomic mass is 19.4. The maximum absolute atomic E-state index is 12.4. The molecule has 20 heavy (non-hydrogen) atoms. The summed E-state index contributed by atoms with van der Waals surface area (Å²) in [6.45, 7) is 1.66. The summed E-state index contributed by atoms with van der Waals surface area (Å²) >= 11 is 0. The lowest BCUT2D eigenvalue weighted by atomic mass is 10.0. The highest BCUT2D eigenvalue weighted by Crippen LogP contribution is 2.38. The zero-order valence-electron chi connectivity index (χ0n) is 10.4. The van der Waals surface area contributed by atoms with Crippen LogP contribution in [0.3, 0.4) is 0 Å². The van der Waals surface area contributed by atoms with Gasteiger partial charge in [0, 0.05) is 11.6 Å². The lowest BCUT2D eigenvalue weighted by molar-refractivity contribution is -0.300. The van der Waals surface area contributed by atoms with Crippen molar-refractivity contribution in [3.05, 3.63) is 29.8 Å². The van der Waals surface area contributed by atoms with Gasteiger partial charge in [0.15, 0.2) is 0 Å². The number of rotatable bonds is 4. The van der Waals surface area contributed by atoms with Gasteiger partial charge in [-0.25, -0.2) is 0 Å². The molecule has 8 heteroatoms. The van der Waals surface area contributed by atoms with Crippen molar-refractivity contribution in [2.45, 2.75) is 37.8 Å². The average molecular weight is 301 g/mol. The van der Waals surface area contributed by atoms with E-state index in [0.717, 1.165) is 6.07 Å². The zero-order valence-corrected chi connectivity index (χ0v) is 10.4. The minimum absolute atomic E-state index is 0.105. The third kappa shape index (κ3) is 4.03. The second-order valence-corrected chi connectivity index (χ2v) is 4.13. The van der Waals surface area contributed by atoms with Crippen LogP contribution in [0.1, 0.15) is 24.9 Å². The van der Waals surface area contributed by atoms with E-state index in [2.05, 4.69) is 4.74 Å². The van der Waals surface area contributed by atoms with Crippen LogP contribution in [0.15, 0.2) is 24.3 Å². The number of para-hydroxylation sites is 1. The van der Waals surface area contributed by atoms with E-state index < -0.39 is 30.2 Å². The van der Waals surface area contributed by atoms with Gasteiger partial charge in [-0.15, -0.1) is 0 Å². The lowest BCUT2D eigenvalue weighted by Gasteiger charge is -2.25. The van der Waals surface area contributed by atoms with E-state index in [1.54, 1.807) is 6.92 Å². The monoisotopic (exact) mass is 301 g/mol. The van der Waals surface area contributed by atoms with Gasteiger partial charge in [0.1, 0.15) is 5.75 Å². The zero-order chi connectivity index (χ0) is 15.6. The second-order valence-electron chi connectivity index (χ2n) is 4.13. The highest BCUT2D eigenvalue weighted by molar-refractivity contribution is 5.36. The SMILES string of the molecule is CC[C@H](N)c1ccccc1OC(C(F)(F)F)C(F)(F)F. The minimum atomic E-state index is -5.55. The van der Waals surface area contributed by atoms with Gasteiger partial charge in [-0.2, -0.15) is 26.3 Å². The summed E-state index contributed by atoms with van der Waals surface area (Å²) in [5.41, 5.74) is 5.75. The Morgan fingerprint density at radius 1 is 1.05 bits per heavy atom. The molecule has 0 unspecified atom stereocenters. The van der Waals surface area contributed by atoms with E-state index in [1.807, 2.05) is 0 Å². The molecule has 0 aliphatic rings. The van der Waals surface area contributed by atoms with Crippen molar-refractivity contribution >= 4 is 0 Å². The van der Waals surface area contributed by atoms with Crippen molar-refractivity contribution in [2.24, 2.45) is 5.73 Å². The largest absolute Gasteiger partial charge is 0.471 e. The Balaban J connectivity index is 3.13. The van der Waals surface area contributed by atoms with Crippen LogP contribution in [-0.2, 0) is 0 Å². The molecule has 0 heterocycles. The highest BCUT2D eigenvalue weighted by Gasteiger charge is 2.59. The molecule has 2 nitrogen and oxygen atoms in total. The summed E-state index contributed by atoms with van der Waals surface area (Å²) in [4.78, 5) is 0. The molecule has 0 fully saturated rings. The van der Waals surface area contributed by atoms with Gasteiger partial charge in [-0.3, -0.25) is 0 Å². The van der Waals surface area contributed by atoms with E-state index >= 15 is 0 Å². The van der Waals surface area contributed by atoms with Crippen molar-refractivity contribution in [1.82, 2.24) is 0 Å². The van der Waals surface area contributed by atoms with Gasteiger partial charge in [-0.1, -0.05) is 25.1 Å². The fraction of sp³-hybridized carbons (Fsp3) is 0.500. The van der Waals surface area contributed by atoms with Crippen LogP contribution in [0, 0.1) is 0 Å².